The standard InChI is InChI=1S/C10H19NO2/c1-3-10(9(2)7-12)5-4-6-11-8-13/h7-10H,3-6H2,1-2H3,(H,11,13). The molecule has 0 heterocycles. The zero-order valence-corrected chi connectivity index (χ0v) is 8.45. The Bertz CT molecular complexity index is 148. The summed E-state index contributed by atoms with van der Waals surface area (Å²) in [6, 6.07) is 0. The van der Waals surface area contributed by atoms with Crippen LogP contribution >= 0.6 is 0 Å². The molecule has 0 aliphatic heterocycles. The predicted molar refractivity (Wildman–Crippen MR) is 52.3 cm³/mol. The van der Waals surface area contributed by atoms with Crippen LogP contribution in [0.15, 0.2) is 0 Å². The van der Waals surface area contributed by atoms with Crippen molar-refractivity contribution in [3.63, 3.8) is 0 Å². The topological polar surface area (TPSA) is 46.2 Å². The van der Waals surface area contributed by atoms with Crippen molar-refractivity contribution < 1.29 is 9.59 Å². The first-order valence-electron chi connectivity index (χ1n) is 4.88. The van der Waals surface area contributed by atoms with E-state index in [9.17, 15) is 9.59 Å². The van der Waals surface area contributed by atoms with Crippen LogP contribution < -0.4 is 5.32 Å². The molecule has 0 saturated carbocycles. The van der Waals surface area contributed by atoms with Crippen molar-refractivity contribution in [1.82, 2.24) is 5.32 Å². The van der Waals surface area contributed by atoms with E-state index < -0.39 is 0 Å². The number of nitrogens with one attached hydrogen (secondary N) is 1. The largest absolute Gasteiger partial charge is 0.359 e. The van der Waals surface area contributed by atoms with Gasteiger partial charge in [-0.05, 0) is 18.8 Å². The first kappa shape index (κ1) is 12.1. The predicted octanol–water partition coefficient (Wildman–Crippen LogP) is 1.37. The van der Waals surface area contributed by atoms with Gasteiger partial charge < -0.3 is 10.1 Å². The molecule has 3 nitrogen and oxygen atoms in total. The summed E-state index contributed by atoms with van der Waals surface area (Å²) in [6.07, 6.45) is 4.72. The molecule has 1 amide bonds. The first-order valence-corrected chi connectivity index (χ1v) is 4.88. The summed E-state index contributed by atoms with van der Waals surface area (Å²) in [5, 5.41) is 2.62. The normalized spacial score (nSPS) is 14.6. The summed E-state index contributed by atoms with van der Waals surface area (Å²) < 4.78 is 0. The van der Waals surface area contributed by atoms with Crippen molar-refractivity contribution >= 4 is 12.7 Å². The number of amides is 1. The second kappa shape index (κ2) is 7.77. The third-order valence-corrected chi connectivity index (χ3v) is 2.46. The minimum atomic E-state index is 0.140. The maximum Gasteiger partial charge on any atom is 0.207 e. The van der Waals surface area contributed by atoms with Gasteiger partial charge in [-0.15, -0.1) is 0 Å². The van der Waals surface area contributed by atoms with Crippen LogP contribution in [0.5, 0.6) is 0 Å². The Morgan fingerprint density at radius 2 is 2.08 bits per heavy atom. The van der Waals surface area contributed by atoms with Crippen molar-refractivity contribution in [2.45, 2.75) is 33.1 Å². The number of rotatable bonds is 8. The molecule has 0 saturated heterocycles. The van der Waals surface area contributed by atoms with Gasteiger partial charge >= 0.3 is 0 Å². The second-order valence-electron chi connectivity index (χ2n) is 3.38. The molecule has 0 fully saturated rings. The Morgan fingerprint density at radius 1 is 1.38 bits per heavy atom. The fraction of sp³-hybridized carbons (Fsp3) is 0.800. The van der Waals surface area contributed by atoms with Gasteiger partial charge in [-0.25, -0.2) is 0 Å². The molecule has 0 spiro atoms. The van der Waals surface area contributed by atoms with Crippen molar-refractivity contribution in [2.24, 2.45) is 11.8 Å². The molecule has 0 radical (unpaired) electrons. The quantitative estimate of drug-likeness (QED) is 0.458. The minimum absolute atomic E-state index is 0.140. The van der Waals surface area contributed by atoms with E-state index >= 15 is 0 Å². The van der Waals surface area contributed by atoms with Gasteiger partial charge in [-0.2, -0.15) is 0 Å². The number of carbonyl (C=O) groups excluding carboxylic acids is 2. The molecule has 1 N–H and O–H groups in total. The Hall–Kier alpha value is -0.860. The molecule has 3 heteroatoms. The number of hydrogen-bond donors (Lipinski definition) is 1. The van der Waals surface area contributed by atoms with Crippen LogP contribution in [0.1, 0.15) is 33.1 Å². The zero-order valence-electron chi connectivity index (χ0n) is 8.45. The van der Waals surface area contributed by atoms with E-state index in [1.807, 2.05) is 6.92 Å². The van der Waals surface area contributed by atoms with Gasteiger partial charge in [0, 0.05) is 12.5 Å². The Kier molecular flexibility index (Phi) is 7.26. The molecule has 0 aromatic rings. The highest BCUT2D eigenvalue weighted by molar-refractivity contribution is 5.53. The highest BCUT2D eigenvalue weighted by Crippen LogP contribution is 2.18. The summed E-state index contributed by atoms with van der Waals surface area (Å²) in [5.74, 6) is 0.604. The van der Waals surface area contributed by atoms with E-state index in [4.69, 9.17) is 0 Å². The number of hydrogen-bond acceptors (Lipinski definition) is 2. The molecule has 2 unspecified atom stereocenters. The summed E-state index contributed by atoms with van der Waals surface area (Å²) in [7, 11) is 0. The van der Waals surface area contributed by atoms with Gasteiger partial charge in [-0.3, -0.25) is 4.79 Å². The Labute approximate surface area is 79.9 Å². The summed E-state index contributed by atoms with van der Waals surface area (Å²) >= 11 is 0. The number of aldehydes is 1. The smallest absolute Gasteiger partial charge is 0.207 e. The molecule has 2 atom stereocenters. The minimum Gasteiger partial charge on any atom is -0.359 e. The van der Waals surface area contributed by atoms with E-state index in [0.717, 1.165) is 25.5 Å². The maximum atomic E-state index is 10.5. The first-order chi connectivity index (χ1) is 6.26. The van der Waals surface area contributed by atoms with Crippen LogP contribution in [-0.2, 0) is 9.59 Å². The van der Waals surface area contributed by atoms with Gasteiger partial charge in [0.15, 0.2) is 0 Å². The highest BCUT2D eigenvalue weighted by Gasteiger charge is 2.13. The zero-order chi connectivity index (χ0) is 10.1. The lowest BCUT2D eigenvalue weighted by Crippen LogP contribution is -2.17. The van der Waals surface area contributed by atoms with E-state index in [0.29, 0.717) is 18.9 Å². The summed E-state index contributed by atoms with van der Waals surface area (Å²) in [4.78, 5) is 20.5. The third kappa shape index (κ3) is 5.39. The monoisotopic (exact) mass is 185 g/mol. The van der Waals surface area contributed by atoms with Gasteiger partial charge in [0.2, 0.25) is 6.41 Å². The highest BCUT2D eigenvalue weighted by atomic mass is 16.1. The molecule has 0 aromatic carbocycles. The van der Waals surface area contributed by atoms with Crippen LogP contribution in [0.2, 0.25) is 0 Å². The van der Waals surface area contributed by atoms with E-state index in [1.54, 1.807) is 0 Å². The second-order valence-corrected chi connectivity index (χ2v) is 3.38. The van der Waals surface area contributed by atoms with Crippen molar-refractivity contribution in [3.05, 3.63) is 0 Å². The molecule has 0 rings (SSSR count). The third-order valence-electron chi connectivity index (χ3n) is 2.46. The van der Waals surface area contributed by atoms with Crippen molar-refractivity contribution in [2.75, 3.05) is 6.54 Å². The molecule has 0 bridgehead atoms. The molecule has 0 aliphatic rings. The van der Waals surface area contributed by atoms with Gasteiger partial charge in [0.25, 0.3) is 0 Å². The van der Waals surface area contributed by atoms with Gasteiger partial charge in [0.05, 0.1) is 0 Å². The lowest BCUT2D eigenvalue weighted by molar-refractivity contribution is -0.112. The average molecular weight is 185 g/mol. The summed E-state index contributed by atoms with van der Waals surface area (Å²) in [6.45, 7) is 4.76. The summed E-state index contributed by atoms with van der Waals surface area (Å²) in [5.41, 5.74) is 0. The fourth-order valence-electron chi connectivity index (χ4n) is 1.48. The molecular formula is C10H19NO2. The number of carbonyl (C=O) groups is 2. The van der Waals surface area contributed by atoms with Crippen molar-refractivity contribution in [1.29, 1.82) is 0 Å². The van der Waals surface area contributed by atoms with Gasteiger partial charge in [0.1, 0.15) is 6.29 Å². The Morgan fingerprint density at radius 3 is 2.54 bits per heavy atom. The van der Waals surface area contributed by atoms with Gasteiger partial charge in [-0.1, -0.05) is 20.3 Å². The molecular weight excluding hydrogens is 166 g/mol. The lowest BCUT2D eigenvalue weighted by atomic mass is 9.88. The molecule has 13 heavy (non-hydrogen) atoms. The lowest BCUT2D eigenvalue weighted by Gasteiger charge is -2.17. The maximum absolute atomic E-state index is 10.5. The van der Waals surface area contributed by atoms with E-state index in [-0.39, 0.29) is 5.92 Å². The van der Waals surface area contributed by atoms with E-state index in [1.165, 1.54) is 0 Å². The average Bonchev–Trinajstić information content (AvgIpc) is 2.17. The fourth-order valence-corrected chi connectivity index (χ4v) is 1.48. The SMILES string of the molecule is CCC(CCCNC=O)C(C)C=O. The van der Waals surface area contributed by atoms with E-state index in [2.05, 4.69) is 12.2 Å². The van der Waals surface area contributed by atoms with Crippen LogP contribution in [-0.4, -0.2) is 19.2 Å². The van der Waals surface area contributed by atoms with Crippen LogP contribution in [0.4, 0.5) is 0 Å². The Balaban J connectivity index is 3.58. The van der Waals surface area contributed by atoms with Crippen LogP contribution in [0, 0.1) is 11.8 Å². The molecule has 0 aromatic heterocycles. The molecule has 76 valence electrons. The van der Waals surface area contributed by atoms with Crippen LogP contribution in [0.3, 0.4) is 0 Å². The van der Waals surface area contributed by atoms with Crippen molar-refractivity contribution in [3.8, 4) is 0 Å². The van der Waals surface area contributed by atoms with Crippen LogP contribution in [0.25, 0.3) is 0 Å². The molecule has 0 aliphatic carbocycles.